The van der Waals surface area contributed by atoms with Gasteiger partial charge < -0.3 is 9.64 Å². The predicted octanol–water partition coefficient (Wildman–Crippen LogP) is 2.36. The first-order valence-electron chi connectivity index (χ1n) is 5.59. The van der Waals surface area contributed by atoms with Crippen LogP contribution in [0.25, 0.3) is 6.08 Å². The molecule has 0 aromatic heterocycles. The third kappa shape index (κ3) is 2.08. The van der Waals surface area contributed by atoms with Gasteiger partial charge in [0.25, 0.3) is 0 Å². The maximum atomic E-state index is 13.2. The largest absolute Gasteiger partial charge is 0.466 e. The summed E-state index contributed by atoms with van der Waals surface area (Å²) in [5, 5.41) is 0. The van der Waals surface area contributed by atoms with Crippen molar-refractivity contribution in [1.82, 2.24) is 0 Å². The number of hydrogen-bond donors (Lipinski definition) is 0. The molecular weight excluding hydrogens is 240 g/mol. The van der Waals surface area contributed by atoms with E-state index >= 15 is 0 Å². The molecule has 1 aromatic rings. The summed E-state index contributed by atoms with van der Waals surface area (Å²) in [4.78, 5) is 13.3. The van der Waals surface area contributed by atoms with Crippen molar-refractivity contribution >= 4 is 17.7 Å². The van der Waals surface area contributed by atoms with E-state index in [1.54, 1.807) is 4.90 Å². The molecule has 0 N–H and O–H groups in total. The van der Waals surface area contributed by atoms with Crippen LogP contribution in [0.1, 0.15) is 12.5 Å². The molecule has 1 aliphatic heterocycles. The van der Waals surface area contributed by atoms with Crippen LogP contribution in [-0.4, -0.2) is 26.2 Å². The predicted molar refractivity (Wildman–Crippen MR) is 64.2 cm³/mol. The van der Waals surface area contributed by atoms with E-state index in [0.29, 0.717) is 29.9 Å². The van der Waals surface area contributed by atoms with Crippen LogP contribution in [-0.2, 0) is 9.53 Å². The number of methoxy groups -OCH3 is 1. The van der Waals surface area contributed by atoms with E-state index in [0.717, 1.165) is 12.1 Å². The minimum atomic E-state index is -0.924. The SMILES string of the molecule is CCN1CC(C(=O)OC)=Cc2cc(F)c(F)cc21. The molecule has 1 aliphatic rings. The minimum absolute atomic E-state index is 0.335. The van der Waals surface area contributed by atoms with Crippen molar-refractivity contribution in [3.05, 3.63) is 34.9 Å². The number of esters is 1. The zero-order valence-electron chi connectivity index (χ0n) is 10.2. The average Bonchev–Trinajstić information content (AvgIpc) is 2.38. The van der Waals surface area contributed by atoms with Gasteiger partial charge in [-0.1, -0.05) is 0 Å². The Hall–Kier alpha value is -1.91. The Morgan fingerprint density at radius 3 is 2.67 bits per heavy atom. The Balaban J connectivity index is 2.52. The molecule has 3 nitrogen and oxygen atoms in total. The highest BCUT2D eigenvalue weighted by Gasteiger charge is 2.23. The van der Waals surface area contributed by atoms with Gasteiger partial charge in [-0.3, -0.25) is 0 Å². The first kappa shape index (κ1) is 12.5. The van der Waals surface area contributed by atoms with E-state index in [1.165, 1.54) is 13.2 Å². The molecule has 5 heteroatoms. The highest BCUT2D eigenvalue weighted by Crippen LogP contribution is 2.30. The van der Waals surface area contributed by atoms with Crippen LogP contribution >= 0.6 is 0 Å². The summed E-state index contributed by atoms with van der Waals surface area (Å²) in [6, 6.07) is 2.24. The number of fused-ring (bicyclic) bond motifs is 1. The van der Waals surface area contributed by atoms with Gasteiger partial charge in [-0.05, 0) is 19.1 Å². The molecule has 0 saturated heterocycles. The fraction of sp³-hybridized carbons (Fsp3) is 0.308. The molecule has 0 unspecified atom stereocenters. The highest BCUT2D eigenvalue weighted by molar-refractivity contribution is 5.97. The van der Waals surface area contributed by atoms with Gasteiger partial charge in [0, 0.05) is 23.9 Å². The second-order valence-electron chi connectivity index (χ2n) is 4.00. The van der Waals surface area contributed by atoms with Gasteiger partial charge in [-0.2, -0.15) is 0 Å². The molecule has 0 radical (unpaired) electrons. The first-order valence-corrected chi connectivity index (χ1v) is 5.59. The van der Waals surface area contributed by atoms with Gasteiger partial charge in [-0.25, -0.2) is 13.6 Å². The van der Waals surface area contributed by atoms with Gasteiger partial charge in [-0.15, -0.1) is 0 Å². The molecule has 0 fully saturated rings. The number of rotatable bonds is 2. The summed E-state index contributed by atoms with van der Waals surface area (Å²) in [5.41, 5.74) is 1.50. The van der Waals surface area contributed by atoms with E-state index in [-0.39, 0.29) is 0 Å². The number of carbonyl (C=O) groups is 1. The minimum Gasteiger partial charge on any atom is -0.466 e. The van der Waals surface area contributed by atoms with E-state index in [2.05, 4.69) is 4.74 Å². The summed E-state index contributed by atoms with van der Waals surface area (Å²) < 4.78 is 31.1. The third-order valence-electron chi connectivity index (χ3n) is 2.93. The summed E-state index contributed by atoms with van der Waals surface area (Å²) in [7, 11) is 1.29. The second-order valence-corrected chi connectivity index (χ2v) is 4.00. The van der Waals surface area contributed by atoms with Crippen LogP contribution in [0.2, 0.25) is 0 Å². The lowest BCUT2D eigenvalue weighted by atomic mass is 10.0. The molecule has 96 valence electrons. The zero-order valence-corrected chi connectivity index (χ0v) is 10.2. The molecule has 1 aromatic carbocycles. The summed E-state index contributed by atoms with van der Waals surface area (Å²) in [5.74, 6) is -2.27. The average molecular weight is 253 g/mol. The van der Waals surface area contributed by atoms with Crippen molar-refractivity contribution in [2.45, 2.75) is 6.92 Å². The van der Waals surface area contributed by atoms with E-state index < -0.39 is 17.6 Å². The molecule has 0 saturated carbocycles. The zero-order chi connectivity index (χ0) is 13.3. The summed E-state index contributed by atoms with van der Waals surface area (Å²) >= 11 is 0. The number of carbonyl (C=O) groups excluding carboxylic acids is 1. The van der Waals surface area contributed by atoms with Gasteiger partial charge in [0.05, 0.1) is 19.2 Å². The number of halogens is 2. The lowest BCUT2D eigenvalue weighted by Gasteiger charge is -2.29. The fourth-order valence-corrected chi connectivity index (χ4v) is 2.00. The number of anilines is 1. The Morgan fingerprint density at radius 2 is 2.06 bits per heavy atom. The Labute approximate surface area is 104 Å². The molecule has 2 rings (SSSR count). The van der Waals surface area contributed by atoms with Gasteiger partial charge in [0.2, 0.25) is 0 Å². The lowest BCUT2D eigenvalue weighted by Crippen LogP contribution is -2.31. The highest BCUT2D eigenvalue weighted by atomic mass is 19.2. The van der Waals surface area contributed by atoms with Crippen LogP contribution in [0.5, 0.6) is 0 Å². The second kappa shape index (κ2) is 4.76. The van der Waals surface area contributed by atoms with Crippen molar-refractivity contribution in [2.24, 2.45) is 0 Å². The van der Waals surface area contributed by atoms with Crippen molar-refractivity contribution < 1.29 is 18.3 Å². The maximum absolute atomic E-state index is 13.2. The molecule has 0 spiro atoms. The molecule has 0 atom stereocenters. The van der Waals surface area contributed by atoms with Crippen molar-refractivity contribution in [3.63, 3.8) is 0 Å². The van der Waals surface area contributed by atoms with Gasteiger partial charge in [0.15, 0.2) is 11.6 Å². The molecule has 0 amide bonds. The monoisotopic (exact) mass is 253 g/mol. The molecule has 0 aliphatic carbocycles. The number of nitrogens with zero attached hydrogens (tertiary/aromatic N) is 1. The molecule has 0 bridgehead atoms. The smallest absolute Gasteiger partial charge is 0.335 e. The van der Waals surface area contributed by atoms with Crippen molar-refractivity contribution in [1.29, 1.82) is 0 Å². The van der Waals surface area contributed by atoms with Crippen LogP contribution in [0.3, 0.4) is 0 Å². The van der Waals surface area contributed by atoms with Crippen LogP contribution < -0.4 is 4.90 Å². The standard InChI is InChI=1S/C13H13F2NO2/c1-3-16-7-9(13(17)18-2)4-8-5-10(14)11(15)6-12(8)16/h4-6H,3,7H2,1-2H3. The van der Waals surface area contributed by atoms with Crippen LogP contribution in [0, 0.1) is 11.6 Å². The molecule has 18 heavy (non-hydrogen) atoms. The number of benzene rings is 1. The quantitative estimate of drug-likeness (QED) is 0.758. The van der Waals surface area contributed by atoms with Crippen molar-refractivity contribution in [2.75, 3.05) is 25.1 Å². The van der Waals surface area contributed by atoms with E-state index in [1.807, 2.05) is 6.92 Å². The number of hydrogen-bond acceptors (Lipinski definition) is 3. The van der Waals surface area contributed by atoms with Gasteiger partial charge >= 0.3 is 5.97 Å². The third-order valence-corrected chi connectivity index (χ3v) is 2.93. The van der Waals surface area contributed by atoms with Crippen molar-refractivity contribution in [3.8, 4) is 0 Å². The van der Waals surface area contributed by atoms with E-state index in [9.17, 15) is 13.6 Å². The molecule has 1 heterocycles. The Morgan fingerprint density at radius 1 is 1.39 bits per heavy atom. The van der Waals surface area contributed by atoms with Crippen LogP contribution in [0.15, 0.2) is 17.7 Å². The number of likely N-dealkylation sites (N-methyl/N-ethyl adjacent to an activating group) is 1. The van der Waals surface area contributed by atoms with Crippen LogP contribution in [0.4, 0.5) is 14.5 Å². The normalized spacial score (nSPS) is 14.0. The lowest BCUT2D eigenvalue weighted by molar-refractivity contribution is -0.136. The Kier molecular flexibility index (Phi) is 3.32. The fourth-order valence-electron chi connectivity index (χ4n) is 2.00. The first-order chi connectivity index (χ1) is 8.56. The van der Waals surface area contributed by atoms with E-state index in [4.69, 9.17) is 0 Å². The maximum Gasteiger partial charge on any atom is 0.335 e. The van der Waals surface area contributed by atoms with Gasteiger partial charge in [0.1, 0.15) is 0 Å². The summed E-state index contributed by atoms with van der Waals surface area (Å²) in [6.07, 6.45) is 1.54. The summed E-state index contributed by atoms with van der Waals surface area (Å²) in [6.45, 7) is 2.80. The number of ether oxygens (including phenoxy) is 1. The topological polar surface area (TPSA) is 29.5 Å². The Bertz CT molecular complexity index is 526. The molecular formula is C13H13F2NO2.